The van der Waals surface area contributed by atoms with Crippen LogP contribution >= 0.6 is 11.3 Å². The summed E-state index contributed by atoms with van der Waals surface area (Å²) in [5.74, 6) is 1.63. The second kappa shape index (κ2) is 5.11. The van der Waals surface area contributed by atoms with Crippen LogP contribution in [0, 0.1) is 12.8 Å². The Hall–Kier alpha value is -2.27. The van der Waals surface area contributed by atoms with E-state index in [4.69, 9.17) is 4.98 Å². The Morgan fingerprint density at radius 2 is 2.00 bits per heavy atom. The fourth-order valence-electron chi connectivity index (χ4n) is 3.64. The second-order valence-corrected chi connectivity index (χ2v) is 7.94. The number of thiophene rings is 1. The molecule has 4 aromatic rings. The third kappa shape index (κ3) is 2.01. The number of hydrogen-bond donors (Lipinski definition) is 0. The third-order valence-corrected chi connectivity index (χ3v) is 6.18. The quantitative estimate of drug-likeness (QED) is 0.517. The predicted octanol–water partition coefficient (Wildman–Crippen LogP) is 4.44. The molecule has 3 aromatic heterocycles. The molecule has 1 unspecified atom stereocenters. The molecule has 0 saturated heterocycles. The molecule has 1 atom stereocenters. The van der Waals surface area contributed by atoms with Crippen molar-refractivity contribution in [1.82, 2.24) is 19.6 Å². The molecule has 4 nitrogen and oxygen atoms in total. The van der Waals surface area contributed by atoms with Gasteiger partial charge in [0.25, 0.3) is 0 Å². The molecule has 1 aliphatic carbocycles. The van der Waals surface area contributed by atoms with Gasteiger partial charge < -0.3 is 0 Å². The van der Waals surface area contributed by atoms with Gasteiger partial charge in [-0.3, -0.25) is 4.40 Å². The summed E-state index contributed by atoms with van der Waals surface area (Å²) in [6, 6.07) is 8.41. The monoisotopic (exact) mass is 334 g/mol. The van der Waals surface area contributed by atoms with Gasteiger partial charge in [0, 0.05) is 10.4 Å². The first-order valence-electron chi connectivity index (χ1n) is 8.42. The van der Waals surface area contributed by atoms with Crippen LogP contribution in [0.5, 0.6) is 0 Å². The van der Waals surface area contributed by atoms with Gasteiger partial charge in [0.15, 0.2) is 11.5 Å². The average Bonchev–Trinajstić information content (AvgIpc) is 3.15. The largest absolute Gasteiger partial charge is 0.265 e. The number of rotatable bonds is 1. The summed E-state index contributed by atoms with van der Waals surface area (Å²) in [6.07, 6.45) is 5.42. The number of aryl methyl sites for hydroxylation is 2. The molecular weight excluding hydrogens is 316 g/mol. The Kier molecular flexibility index (Phi) is 3.00. The van der Waals surface area contributed by atoms with Crippen LogP contribution in [-0.2, 0) is 12.8 Å². The zero-order chi connectivity index (χ0) is 16.3. The van der Waals surface area contributed by atoms with E-state index in [1.165, 1.54) is 34.2 Å². The molecule has 0 aliphatic heterocycles. The highest BCUT2D eigenvalue weighted by molar-refractivity contribution is 7.19. The van der Waals surface area contributed by atoms with Crippen molar-refractivity contribution in [2.24, 2.45) is 5.92 Å². The molecule has 24 heavy (non-hydrogen) atoms. The maximum Gasteiger partial charge on any atom is 0.172 e. The highest BCUT2D eigenvalue weighted by atomic mass is 32.1. The van der Waals surface area contributed by atoms with Crippen LogP contribution in [0.15, 0.2) is 30.6 Å². The first-order chi connectivity index (χ1) is 11.7. The maximum atomic E-state index is 4.72. The first kappa shape index (κ1) is 14.1. The van der Waals surface area contributed by atoms with E-state index >= 15 is 0 Å². The zero-order valence-corrected chi connectivity index (χ0v) is 14.6. The molecule has 0 amide bonds. The van der Waals surface area contributed by atoms with Crippen molar-refractivity contribution in [3.63, 3.8) is 0 Å². The predicted molar refractivity (Wildman–Crippen MR) is 97.5 cm³/mol. The number of aromatic nitrogens is 4. The molecule has 5 heteroatoms. The van der Waals surface area contributed by atoms with E-state index in [9.17, 15) is 0 Å². The molecule has 5 rings (SSSR count). The van der Waals surface area contributed by atoms with E-state index in [1.807, 2.05) is 22.1 Å². The van der Waals surface area contributed by atoms with Crippen molar-refractivity contribution in [2.75, 3.05) is 0 Å². The van der Waals surface area contributed by atoms with Gasteiger partial charge in [0.1, 0.15) is 11.2 Å². The molecule has 0 N–H and O–H groups in total. The number of hydrogen-bond acceptors (Lipinski definition) is 4. The SMILES string of the molecule is Cc1ccc(-c2nnc3c4c5c(sc4ncn23)CC(C)CC5)cc1. The van der Waals surface area contributed by atoms with E-state index in [1.54, 1.807) is 0 Å². The van der Waals surface area contributed by atoms with Crippen LogP contribution in [0.4, 0.5) is 0 Å². The lowest BCUT2D eigenvalue weighted by atomic mass is 9.89. The average molecular weight is 334 g/mol. The van der Waals surface area contributed by atoms with Crippen LogP contribution in [-0.4, -0.2) is 19.6 Å². The van der Waals surface area contributed by atoms with Crippen LogP contribution in [0.1, 0.15) is 29.3 Å². The Morgan fingerprint density at radius 3 is 2.83 bits per heavy atom. The second-order valence-electron chi connectivity index (χ2n) is 6.86. The van der Waals surface area contributed by atoms with E-state index in [-0.39, 0.29) is 0 Å². The molecule has 0 spiro atoms. The normalized spacial score (nSPS) is 17.5. The van der Waals surface area contributed by atoms with E-state index in [0.29, 0.717) is 0 Å². The van der Waals surface area contributed by atoms with Crippen LogP contribution < -0.4 is 0 Å². The lowest BCUT2D eigenvalue weighted by molar-refractivity contribution is 0.509. The first-order valence-corrected chi connectivity index (χ1v) is 9.23. The molecular formula is C19H18N4S. The smallest absolute Gasteiger partial charge is 0.172 e. The molecule has 1 aromatic carbocycles. The summed E-state index contributed by atoms with van der Waals surface area (Å²) in [4.78, 5) is 7.31. The minimum atomic E-state index is 0.766. The van der Waals surface area contributed by atoms with Gasteiger partial charge in [0.2, 0.25) is 0 Å². The molecule has 1 aliphatic rings. The molecule has 0 radical (unpaired) electrons. The van der Waals surface area contributed by atoms with Gasteiger partial charge in [-0.2, -0.15) is 0 Å². The van der Waals surface area contributed by atoms with Crippen molar-refractivity contribution in [2.45, 2.75) is 33.1 Å². The number of benzene rings is 1. The fraction of sp³-hybridized carbons (Fsp3) is 0.316. The van der Waals surface area contributed by atoms with Gasteiger partial charge in [0.05, 0.1) is 5.39 Å². The van der Waals surface area contributed by atoms with Crippen molar-refractivity contribution >= 4 is 27.2 Å². The zero-order valence-electron chi connectivity index (χ0n) is 13.8. The molecule has 3 heterocycles. The summed E-state index contributed by atoms with van der Waals surface area (Å²) in [7, 11) is 0. The maximum absolute atomic E-state index is 4.72. The van der Waals surface area contributed by atoms with Gasteiger partial charge in [-0.15, -0.1) is 21.5 Å². The summed E-state index contributed by atoms with van der Waals surface area (Å²) in [6.45, 7) is 4.43. The Labute approximate surface area is 144 Å². The van der Waals surface area contributed by atoms with Gasteiger partial charge in [-0.05, 0) is 37.7 Å². The fourth-order valence-corrected chi connectivity index (χ4v) is 4.98. The highest BCUT2D eigenvalue weighted by Gasteiger charge is 2.23. The van der Waals surface area contributed by atoms with Crippen molar-refractivity contribution in [1.29, 1.82) is 0 Å². The number of fused-ring (bicyclic) bond motifs is 5. The summed E-state index contributed by atoms with van der Waals surface area (Å²) in [5.41, 5.74) is 4.72. The van der Waals surface area contributed by atoms with Crippen LogP contribution in [0.2, 0.25) is 0 Å². The molecule has 120 valence electrons. The molecule has 0 fully saturated rings. The van der Waals surface area contributed by atoms with Crippen molar-refractivity contribution in [3.8, 4) is 11.4 Å². The standard InChI is InChI=1S/C19H18N4S/c1-11-3-6-13(7-4-11)17-21-22-18-16-14-8-5-12(2)9-15(14)24-19(16)20-10-23(17)18/h3-4,6-7,10,12H,5,8-9H2,1-2H3. The lowest BCUT2D eigenvalue weighted by Crippen LogP contribution is -2.08. The van der Waals surface area contributed by atoms with Gasteiger partial charge in [-0.1, -0.05) is 36.8 Å². The lowest BCUT2D eigenvalue weighted by Gasteiger charge is -2.17. The number of nitrogens with zero attached hydrogens (tertiary/aromatic N) is 4. The third-order valence-electron chi connectivity index (χ3n) is 5.01. The summed E-state index contributed by atoms with van der Waals surface area (Å²) >= 11 is 1.83. The van der Waals surface area contributed by atoms with Gasteiger partial charge >= 0.3 is 0 Å². The van der Waals surface area contributed by atoms with E-state index < -0.39 is 0 Å². The topological polar surface area (TPSA) is 43.1 Å². The van der Waals surface area contributed by atoms with Gasteiger partial charge in [-0.25, -0.2) is 4.98 Å². The summed E-state index contributed by atoms with van der Waals surface area (Å²) < 4.78 is 2.04. The minimum absolute atomic E-state index is 0.766. The summed E-state index contributed by atoms with van der Waals surface area (Å²) in [5, 5.41) is 10.2. The van der Waals surface area contributed by atoms with E-state index in [2.05, 4.69) is 48.3 Å². The van der Waals surface area contributed by atoms with Crippen molar-refractivity contribution < 1.29 is 0 Å². The van der Waals surface area contributed by atoms with Crippen LogP contribution in [0.25, 0.3) is 27.3 Å². The minimum Gasteiger partial charge on any atom is -0.265 e. The van der Waals surface area contributed by atoms with Crippen molar-refractivity contribution in [3.05, 3.63) is 46.6 Å². The molecule has 0 bridgehead atoms. The molecule has 0 saturated carbocycles. The highest BCUT2D eigenvalue weighted by Crippen LogP contribution is 2.39. The Bertz CT molecular complexity index is 1060. The Balaban J connectivity index is 1.76. The van der Waals surface area contributed by atoms with Crippen LogP contribution in [0.3, 0.4) is 0 Å². The van der Waals surface area contributed by atoms with E-state index in [0.717, 1.165) is 34.2 Å². The Morgan fingerprint density at radius 1 is 1.17 bits per heavy atom.